The van der Waals surface area contributed by atoms with Gasteiger partial charge in [-0.2, -0.15) is 0 Å². The van der Waals surface area contributed by atoms with Crippen LogP contribution >= 0.6 is 0 Å². The van der Waals surface area contributed by atoms with E-state index in [-0.39, 0.29) is 110 Å². The summed E-state index contributed by atoms with van der Waals surface area (Å²) in [5.41, 5.74) is -8.40. The molecule has 0 amide bonds. The van der Waals surface area contributed by atoms with E-state index in [1.165, 1.54) is 38.5 Å². The van der Waals surface area contributed by atoms with Crippen LogP contribution in [-0.2, 0) is 129 Å². The maximum atomic E-state index is 12.5. The number of rotatable bonds is 40. The molecule has 0 heterocycles. The van der Waals surface area contributed by atoms with Gasteiger partial charge in [-0.15, -0.1) is 0 Å². The highest BCUT2D eigenvalue weighted by Gasteiger charge is 2.71. The van der Waals surface area contributed by atoms with Gasteiger partial charge in [0.2, 0.25) is 11.9 Å². The van der Waals surface area contributed by atoms with E-state index < -0.39 is 113 Å². The normalized spacial score (nSPS) is 19.4. The van der Waals surface area contributed by atoms with E-state index in [9.17, 15) is 62.3 Å². The zero-order valence-electron chi connectivity index (χ0n) is 94.9. The molecule has 0 radical (unpaired) electrons. The SMILES string of the molecule is CC.CCC(C)(C)C(=O)OC(C)(C)C(=O)OC(C)(C)C(C)C.CCC(C)(C)C(=O)OC(C)OC12CC3CC4C5CC(CC41)CC2C5C3.CCC(C)(C)C(=O)OCC(=O)OC(C)(C)C.CCC(C)(C)C(=O)OCC(=O)OC(C)(C)C(C)(C)C.CCC(C)(C)C(=O)OCC(=O)OC(C)(C)C(C)C.CCC(C)(C)OC(=O)CCCOC(=O)C(C)(C)CC.CCC(C)(C)OC(=O)COC(=O)C(C)(C)CC. The summed E-state index contributed by atoms with van der Waals surface area (Å²) < 4.78 is 74.5. The zero-order valence-corrected chi connectivity index (χ0v) is 94.9. The molecule has 0 aromatic carbocycles. The Labute approximate surface area is 824 Å². The smallest absolute Gasteiger partial charge is 0.350 e. The molecule has 0 aliphatic heterocycles. The fourth-order valence-corrected chi connectivity index (χ4v) is 13.6. The van der Waals surface area contributed by atoms with E-state index in [4.69, 9.17) is 66.3 Å². The third-order valence-corrected chi connectivity index (χ3v) is 29.2. The van der Waals surface area contributed by atoms with E-state index in [1.54, 1.807) is 104 Å². The second-order valence-corrected chi connectivity index (χ2v) is 47.8. The number of hydrogen-bond acceptors (Lipinski definition) is 27. The number of hydrogen-bond donors (Lipinski definition) is 0. The predicted molar refractivity (Wildman–Crippen MR) is 532 cm³/mol. The average Bonchev–Trinajstić information content (AvgIpc) is 0.672. The van der Waals surface area contributed by atoms with Crippen molar-refractivity contribution in [2.24, 2.45) is 96.6 Å². The molecule has 8 bridgehead atoms. The molecule has 0 aromatic rings. The first-order valence-electron chi connectivity index (χ1n) is 50.6. The minimum Gasteiger partial charge on any atom is -0.465 e. The Balaban J connectivity index is -0.00000152. The van der Waals surface area contributed by atoms with Gasteiger partial charge in [0.25, 0.3) is 0 Å². The highest BCUT2D eigenvalue weighted by atomic mass is 16.7. The van der Waals surface area contributed by atoms with Gasteiger partial charge in [-0.25, -0.2) is 24.0 Å². The van der Waals surface area contributed by atoms with Crippen LogP contribution in [0.3, 0.4) is 0 Å². The van der Waals surface area contributed by atoms with Crippen LogP contribution in [0.1, 0.15) is 441 Å². The summed E-state index contributed by atoms with van der Waals surface area (Å²) in [6.45, 7) is 88.7. The van der Waals surface area contributed by atoms with Gasteiger partial charge >= 0.3 is 77.6 Å². The van der Waals surface area contributed by atoms with Crippen LogP contribution in [0.5, 0.6) is 0 Å². The second-order valence-electron chi connectivity index (χ2n) is 47.8. The van der Waals surface area contributed by atoms with Gasteiger partial charge in [-0.3, -0.25) is 38.4 Å². The summed E-state index contributed by atoms with van der Waals surface area (Å²) in [4.78, 5) is 153. The van der Waals surface area contributed by atoms with Gasteiger partial charge in [-0.1, -0.05) is 125 Å². The van der Waals surface area contributed by atoms with Crippen LogP contribution in [0.2, 0.25) is 0 Å². The Bertz CT molecular complexity index is 3740. The standard InChI is InChI=1S/C22H34O3.C16H30O4.2C15H28O4.C14H26O4.C13H24O4.C12H22O4.C2H6/c1-5-21(3,4)20(23)24-12(2)25-22-11-14-7-16-15-6-13(9-18(16)22)10-19(22)17(15)8-14;1-10-14(4,5)12(17)19-16(8,9)13(18)20-15(6,7)11(2)3;1-9-14(5,6)12(17)18-10-11(16)19-15(7,8)13(2,3)4;1-7-14(3,4)13(17)18-11-9-10-12(16)19-15(5,6)8-2;1-8-13(4,5)12(16)17-9-11(15)18-14(6,7)10(2)3;1-7-12(3,4)11(15)16-9-10(14)17-13(5,6)8-2;1-7-12(5,6)10(14)15-8-9(13)16-11(2,3)4;1-2/h12-19H,5-11H2,1-4H3;11H,10H2,1-9H3;9-10H2,1-8H3;7-11H2,1-6H3;10H,8-9H2,1-7H3;7-9H2,1-6H3;7-8H2,1-6H3;1-2H3. The number of carbonyl (C=O) groups excluding carboxylic acids is 13. The fraction of sp³-hybridized carbons (Fsp3) is 0.881. The Morgan fingerprint density at radius 1 is 0.301 bits per heavy atom. The number of esters is 13. The van der Waals surface area contributed by atoms with Gasteiger partial charge < -0.3 is 66.3 Å². The molecule has 27 nitrogen and oxygen atoms in total. The van der Waals surface area contributed by atoms with Crippen LogP contribution in [0.15, 0.2) is 0 Å². The molecule has 5 atom stereocenters. The zero-order chi connectivity index (χ0) is 108. The highest BCUT2D eigenvalue weighted by Crippen LogP contribution is 2.74. The average molecular weight is 1940 g/mol. The van der Waals surface area contributed by atoms with E-state index in [2.05, 4.69) is 0 Å². The van der Waals surface area contributed by atoms with Gasteiger partial charge in [0.05, 0.1) is 50.1 Å². The molecule has 27 heteroatoms. The molecule has 0 spiro atoms. The molecule has 0 aromatic heterocycles. The highest BCUT2D eigenvalue weighted by molar-refractivity contribution is 5.85. The van der Waals surface area contributed by atoms with Crippen molar-refractivity contribution in [2.75, 3.05) is 33.0 Å². The Morgan fingerprint density at radius 3 is 0.919 bits per heavy atom. The fourth-order valence-electron chi connectivity index (χ4n) is 13.6. The largest absolute Gasteiger partial charge is 0.465 e. The lowest BCUT2D eigenvalue weighted by atomic mass is 9.34. The van der Waals surface area contributed by atoms with Gasteiger partial charge in [0.1, 0.15) is 33.6 Å². The molecule has 7 aliphatic carbocycles. The molecule has 7 saturated carbocycles. The first-order chi connectivity index (χ1) is 61.3. The maximum Gasteiger partial charge on any atom is 0.350 e. The van der Waals surface area contributed by atoms with Crippen molar-refractivity contribution >= 4 is 77.6 Å². The summed E-state index contributed by atoms with van der Waals surface area (Å²) >= 11 is 0. The van der Waals surface area contributed by atoms with Crippen LogP contribution in [0.25, 0.3) is 0 Å². The van der Waals surface area contributed by atoms with E-state index in [0.29, 0.717) is 44.9 Å². The van der Waals surface area contributed by atoms with Crippen LogP contribution in [0, 0.1) is 96.6 Å². The topological polar surface area (TPSA) is 351 Å². The van der Waals surface area contributed by atoms with Crippen LogP contribution in [-0.4, -0.2) is 162 Å². The third-order valence-electron chi connectivity index (χ3n) is 29.2. The Morgan fingerprint density at radius 2 is 0.596 bits per heavy atom. The summed E-state index contributed by atoms with van der Waals surface area (Å²) in [7, 11) is 0. The monoisotopic (exact) mass is 1940 g/mol. The van der Waals surface area contributed by atoms with Crippen molar-refractivity contribution in [1.29, 1.82) is 0 Å². The first-order valence-corrected chi connectivity index (χ1v) is 50.6. The van der Waals surface area contributed by atoms with Gasteiger partial charge in [0, 0.05) is 11.8 Å². The van der Waals surface area contributed by atoms with E-state index >= 15 is 0 Å². The summed E-state index contributed by atoms with van der Waals surface area (Å²) in [6.07, 6.45) is 15.1. The number of carbonyl (C=O) groups is 13. The maximum absolute atomic E-state index is 12.5. The molecule has 796 valence electrons. The summed E-state index contributed by atoms with van der Waals surface area (Å²) in [6, 6.07) is 0. The minimum absolute atomic E-state index is 0.0278. The molecular weight excluding hydrogens is 1740 g/mol. The summed E-state index contributed by atoms with van der Waals surface area (Å²) in [5, 5.41) is 0. The third kappa shape index (κ3) is 44.5. The van der Waals surface area contributed by atoms with Crippen molar-refractivity contribution < 1.29 is 129 Å². The molecule has 7 aliphatic rings. The predicted octanol–water partition coefficient (Wildman–Crippen LogP) is 24.3. The summed E-state index contributed by atoms with van der Waals surface area (Å²) in [5.74, 6) is 1.47. The van der Waals surface area contributed by atoms with Crippen molar-refractivity contribution in [3.05, 3.63) is 0 Å². The Hall–Kier alpha value is -6.93. The van der Waals surface area contributed by atoms with E-state index in [1.807, 2.05) is 228 Å². The van der Waals surface area contributed by atoms with Crippen LogP contribution < -0.4 is 0 Å². The number of ether oxygens (including phenoxy) is 14. The second kappa shape index (κ2) is 54.9. The van der Waals surface area contributed by atoms with Gasteiger partial charge in [0.15, 0.2) is 26.4 Å². The van der Waals surface area contributed by atoms with Crippen molar-refractivity contribution in [3.63, 3.8) is 0 Å². The molecular formula is C109H198O27. The molecule has 5 unspecified atom stereocenters. The molecule has 7 rings (SSSR count). The Kier molecular flexibility index (Phi) is 53.8. The lowest BCUT2D eigenvalue weighted by Crippen LogP contribution is -2.72. The van der Waals surface area contributed by atoms with Crippen LogP contribution in [0.4, 0.5) is 0 Å². The molecule has 0 N–H and O–H groups in total. The quantitative estimate of drug-likeness (QED) is 0.0238. The van der Waals surface area contributed by atoms with Crippen molar-refractivity contribution in [1.82, 2.24) is 0 Å². The minimum atomic E-state index is -1.28. The first kappa shape index (κ1) is 133. The molecule has 0 saturated heterocycles. The van der Waals surface area contributed by atoms with Crippen molar-refractivity contribution in [3.8, 4) is 0 Å². The lowest BCUT2D eigenvalue weighted by molar-refractivity contribution is -0.338. The lowest BCUT2D eigenvalue weighted by Gasteiger charge is -2.74. The van der Waals surface area contributed by atoms with Crippen molar-refractivity contribution in [2.45, 2.75) is 493 Å². The van der Waals surface area contributed by atoms with Gasteiger partial charge in [-0.05, 0) is 364 Å². The van der Waals surface area contributed by atoms with E-state index in [0.717, 1.165) is 60.7 Å². The molecule has 7 fully saturated rings. The molecule has 136 heavy (non-hydrogen) atoms.